The molecule has 0 aliphatic rings. The Labute approximate surface area is 239 Å². The molecule has 0 aromatic heterocycles. The molecule has 39 heavy (non-hydrogen) atoms. The maximum absolute atomic E-state index is 14.0. The highest BCUT2D eigenvalue weighted by Crippen LogP contribution is 2.25. The lowest BCUT2D eigenvalue weighted by Crippen LogP contribution is -2.54. The molecule has 0 bridgehead atoms. The average Bonchev–Trinajstić information content (AvgIpc) is 2.89. The van der Waals surface area contributed by atoms with Crippen molar-refractivity contribution in [1.82, 2.24) is 15.5 Å². The van der Waals surface area contributed by atoms with Crippen LogP contribution in [0.4, 0.5) is 4.79 Å². The van der Waals surface area contributed by atoms with Gasteiger partial charge < -0.3 is 20.3 Å². The largest absolute Gasteiger partial charge is 0.444 e. The number of thiol groups is 1. The Hall–Kier alpha value is -3.00. The molecule has 0 spiro atoms. The number of rotatable bonds is 14. The first-order chi connectivity index (χ1) is 18.6. The molecule has 2 atom stereocenters. The lowest BCUT2D eigenvalue weighted by atomic mass is 10.00. The third kappa shape index (κ3) is 11.3. The van der Waals surface area contributed by atoms with E-state index in [2.05, 4.69) is 30.2 Å². The molecular weight excluding hydrogens is 510 g/mol. The normalized spacial score (nSPS) is 12.8. The second kappa shape index (κ2) is 16.2. The van der Waals surface area contributed by atoms with Crippen LogP contribution in [-0.2, 0) is 20.9 Å². The molecule has 2 unspecified atom stereocenters. The number of carbonyl (C=O) groups is 3. The van der Waals surface area contributed by atoms with Gasteiger partial charge in [-0.1, -0.05) is 92.8 Å². The van der Waals surface area contributed by atoms with E-state index in [-0.39, 0.29) is 17.6 Å². The van der Waals surface area contributed by atoms with Gasteiger partial charge in [-0.05, 0) is 45.2 Å². The molecule has 0 saturated carbocycles. The second-order valence-corrected chi connectivity index (χ2v) is 11.2. The van der Waals surface area contributed by atoms with Crippen LogP contribution in [0.3, 0.4) is 0 Å². The van der Waals surface area contributed by atoms with Crippen molar-refractivity contribution >= 4 is 30.5 Å². The lowest BCUT2D eigenvalue weighted by Gasteiger charge is -2.34. The van der Waals surface area contributed by atoms with Gasteiger partial charge in [0.15, 0.2) is 0 Å². The van der Waals surface area contributed by atoms with Gasteiger partial charge in [0.2, 0.25) is 11.8 Å². The Morgan fingerprint density at radius 2 is 1.67 bits per heavy atom. The van der Waals surface area contributed by atoms with E-state index < -0.39 is 23.8 Å². The number of carbonyl (C=O) groups excluding carboxylic acids is 3. The maximum Gasteiger partial charge on any atom is 0.408 e. The molecule has 2 N–H and O–H groups in total. The highest BCUT2D eigenvalue weighted by Gasteiger charge is 2.35. The SMILES string of the molecule is CCCCCCCN(C(=O)C(CS)NC(=O)OC(C)(C)C)C(C(=O)NCc1ccccc1)c1cccc(C)c1. The topological polar surface area (TPSA) is 87.7 Å². The number of unbranched alkanes of at least 4 members (excludes halogenated alkanes) is 4. The summed E-state index contributed by atoms with van der Waals surface area (Å²) in [5.41, 5.74) is 1.96. The molecule has 3 amide bonds. The molecule has 0 radical (unpaired) electrons. The van der Waals surface area contributed by atoms with Gasteiger partial charge in [-0.3, -0.25) is 9.59 Å². The van der Waals surface area contributed by atoms with Crippen LogP contribution in [0.5, 0.6) is 0 Å². The Morgan fingerprint density at radius 3 is 2.28 bits per heavy atom. The van der Waals surface area contributed by atoms with Gasteiger partial charge in [-0.2, -0.15) is 12.6 Å². The molecule has 2 aromatic carbocycles. The zero-order valence-electron chi connectivity index (χ0n) is 24.0. The van der Waals surface area contributed by atoms with Crippen molar-refractivity contribution in [3.05, 3.63) is 71.3 Å². The maximum atomic E-state index is 14.0. The fraction of sp³-hybridized carbons (Fsp3) is 0.516. The van der Waals surface area contributed by atoms with Gasteiger partial charge >= 0.3 is 6.09 Å². The molecular formula is C31H45N3O4S. The van der Waals surface area contributed by atoms with Crippen molar-refractivity contribution in [2.75, 3.05) is 12.3 Å². The summed E-state index contributed by atoms with van der Waals surface area (Å²) in [6.45, 7) is 10.1. The lowest BCUT2D eigenvalue weighted by molar-refractivity contribution is -0.142. The molecule has 0 heterocycles. The number of ether oxygens (including phenoxy) is 1. The quantitative estimate of drug-likeness (QED) is 0.198. The summed E-state index contributed by atoms with van der Waals surface area (Å²) < 4.78 is 5.39. The van der Waals surface area contributed by atoms with Crippen LogP contribution in [-0.4, -0.2) is 46.7 Å². The van der Waals surface area contributed by atoms with E-state index in [9.17, 15) is 14.4 Å². The summed E-state index contributed by atoms with van der Waals surface area (Å²) in [5.74, 6) is -0.578. The first-order valence-corrected chi connectivity index (χ1v) is 14.5. The summed E-state index contributed by atoms with van der Waals surface area (Å²) in [7, 11) is 0. The molecule has 8 heteroatoms. The molecule has 2 aromatic rings. The zero-order chi connectivity index (χ0) is 28.8. The summed E-state index contributed by atoms with van der Waals surface area (Å²) >= 11 is 4.37. The van der Waals surface area contributed by atoms with Crippen molar-refractivity contribution in [3.63, 3.8) is 0 Å². The molecule has 0 saturated heterocycles. The van der Waals surface area contributed by atoms with E-state index in [0.717, 1.165) is 48.8 Å². The second-order valence-electron chi connectivity index (χ2n) is 10.8. The van der Waals surface area contributed by atoms with E-state index in [0.29, 0.717) is 13.1 Å². The number of nitrogens with zero attached hydrogens (tertiary/aromatic N) is 1. The number of aryl methyl sites for hydroxylation is 1. The van der Waals surface area contributed by atoms with Crippen molar-refractivity contribution < 1.29 is 19.1 Å². The molecule has 2 rings (SSSR count). The number of nitrogens with one attached hydrogen (secondary N) is 2. The van der Waals surface area contributed by atoms with Crippen LogP contribution in [0.1, 0.15) is 82.5 Å². The number of hydrogen-bond acceptors (Lipinski definition) is 5. The number of amides is 3. The number of alkyl carbamates (subject to hydrolysis) is 1. The van der Waals surface area contributed by atoms with E-state index >= 15 is 0 Å². The van der Waals surface area contributed by atoms with E-state index in [4.69, 9.17) is 4.74 Å². The van der Waals surface area contributed by atoms with Gasteiger partial charge in [0.05, 0.1) is 0 Å². The van der Waals surface area contributed by atoms with Crippen LogP contribution >= 0.6 is 12.6 Å². The standard InChI is InChI=1S/C31H45N3O4S/c1-6-7-8-9-13-19-34(29(36)26(22-39)33-30(37)38-31(3,4)5)27(25-18-14-15-23(2)20-25)28(35)32-21-24-16-11-10-12-17-24/h10-12,14-18,20,26-27,39H,6-9,13,19,21-22H2,1-5H3,(H,32,35)(H,33,37). The third-order valence-corrected chi connectivity index (χ3v) is 6.55. The molecule has 214 valence electrons. The highest BCUT2D eigenvalue weighted by atomic mass is 32.1. The predicted molar refractivity (Wildman–Crippen MR) is 160 cm³/mol. The average molecular weight is 556 g/mol. The monoisotopic (exact) mass is 555 g/mol. The minimum Gasteiger partial charge on any atom is -0.444 e. The summed E-state index contributed by atoms with van der Waals surface area (Å²) in [5, 5.41) is 5.70. The number of benzene rings is 2. The fourth-order valence-corrected chi connectivity index (χ4v) is 4.53. The third-order valence-electron chi connectivity index (χ3n) is 6.18. The predicted octanol–water partition coefficient (Wildman–Crippen LogP) is 5.97. The Kier molecular flexibility index (Phi) is 13.4. The van der Waals surface area contributed by atoms with Crippen LogP contribution in [0, 0.1) is 6.92 Å². The molecule has 0 aliphatic carbocycles. The van der Waals surface area contributed by atoms with Crippen LogP contribution in [0.2, 0.25) is 0 Å². The van der Waals surface area contributed by atoms with Crippen LogP contribution in [0.15, 0.2) is 54.6 Å². The molecule has 7 nitrogen and oxygen atoms in total. The molecule has 0 aliphatic heterocycles. The summed E-state index contributed by atoms with van der Waals surface area (Å²) in [6.07, 6.45) is 4.27. The van der Waals surface area contributed by atoms with E-state index in [1.54, 1.807) is 25.7 Å². The van der Waals surface area contributed by atoms with Crippen LogP contribution in [0.25, 0.3) is 0 Å². The van der Waals surface area contributed by atoms with Gasteiger partial charge in [0, 0.05) is 18.8 Å². The fourth-order valence-electron chi connectivity index (χ4n) is 4.28. The Bertz CT molecular complexity index is 1060. The van der Waals surface area contributed by atoms with Crippen molar-refractivity contribution in [1.29, 1.82) is 0 Å². The minimum atomic E-state index is -0.951. The van der Waals surface area contributed by atoms with Crippen molar-refractivity contribution in [2.24, 2.45) is 0 Å². The number of hydrogen-bond donors (Lipinski definition) is 3. The molecule has 0 fully saturated rings. The van der Waals surface area contributed by atoms with E-state index in [1.807, 2.05) is 61.5 Å². The first-order valence-electron chi connectivity index (χ1n) is 13.8. The van der Waals surface area contributed by atoms with Crippen molar-refractivity contribution in [2.45, 2.75) is 91.0 Å². The van der Waals surface area contributed by atoms with Gasteiger partial charge in [-0.15, -0.1) is 0 Å². The zero-order valence-corrected chi connectivity index (χ0v) is 24.9. The van der Waals surface area contributed by atoms with Gasteiger partial charge in [0.25, 0.3) is 0 Å². The highest BCUT2D eigenvalue weighted by molar-refractivity contribution is 7.80. The smallest absolute Gasteiger partial charge is 0.408 e. The Balaban J connectivity index is 2.39. The summed E-state index contributed by atoms with van der Waals surface area (Å²) in [4.78, 5) is 41.9. The van der Waals surface area contributed by atoms with Crippen LogP contribution < -0.4 is 10.6 Å². The van der Waals surface area contributed by atoms with E-state index in [1.165, 1.54) is 0 Å². The van der Waals surface area contributed by atoms with Crippen molar-refractivity contribution in [3.8, 4) is 0 Å². The Morgan fingerprint density at radius 1 is 0.974 bits per heavy atom. The van der Waals surface area contributed by atoms with Gasteiger partial charge in [-0.25, -0.2) is 4.79 Å². The first kappa shape index (κ1) is 32.2. The van der Waals surface area contributed by atoms with Gasteiger partial charge in [0.1, 0.15) is 17.7 Å². The summed E-state index contributed by atoms with van der Waals surface area (Å²) in [6, 6.07) is 15.5. The minimum absolute atomic E-state index is 0.0661.